The van der Waals surface area contributed by atoms with Crippen molar-refractivity contribution in [1.82, 2.24) is 0 Å². The lowest BCUT2D eigenvalue weighted by molar-refractivity contribution is 0.814. The Bertz CT molecular complexity index is 339. The summed E-state index contributed by atoms with van der Waals surface area (Å²) in [5.41, 5.74) is 0.0198. The normalized spacial score (nSPS) is 8.71. The molecule has 0 aromatic carbocycles. The lowest BCUT2D eigenvalue weighted by Crippen LogP contribution is -1.81. The van der Waals surface area contributed by atoms with Crippen molar-refractivity contribution in [2.45, 2.75) is 26.2 Å². The van der Waals surface area contributed by atoms with Crippen molar-refractivity contribution < 1.29 is 0 Å². The summed E-state index contributed by atoms with van der Waals surface area (Å²) in [5, 5.41) is 25.7. The minimum atomic E-state index is -0.125. The summed E-state index contributed by atoms with van der Waals surface area (Å²) >= 11 is 0. The molecule has 0 spiro atoms. The molecule has 0 fully saturated rings. The van der Waals surface area contributed by atoms with E-state index in [2.05, 4.69) is 6.92 Å². The largest absolute Gasteiger partial charge is 0.192 e. The van der Waals surface area contributed by atoms with Gasteiger partial charge in [-0.3, -0.25) is 0 Å². The van der Waals surface area contributed by atoms with Crippen molar-refractivity contribution in [1.29, 1.82) is 15.8 Å². The first-order valence-corrected chi connectivity index (χ1v) is 4.41. The van der Waals surface area contributed by atoms with Crippen molar-refractivity contribution in [2.75, 3.05) is 0 Å². The van der Waals surface area contributed by atoms with Gasteiger partial charge in [-0.1, -0.05) is 25.8 Å². The fourth-order valence-electron chi connectivity index (χ4n) is 0.845. The second-order valence-electron chi connectivity index (χ2n) is 2.67. The van der Waals surface area contributed by atoms with E-state index in [4.69, 9.17) is 15.8 Å². The van der Waals surface area contributed by atoms with E-state index >= 15 is 0 Å². The van der Waals surface area contributed by atoms with Crippen LogP contribution in [0.3, 0.4) is 0 Å². The van der Waals surface area contributed by atoms with E-state index in [1.807, 2.05) is 12.1 Å². The maximum Gasteiger partial charge on any atom is 0.147 e. The molecule has 0 aliphatic carbocycles. The minimum Gasteiger partial charge on any atom is -0.192 e. The van der Waals surface area contributed by atoms with Gasteiger partial charge in [-0.25, -0.2) is 0 Å². The highest BCUT2D eigenvalue weighted by Gasteiger charge is 2.00. The molecule has 0 aromatic heterocycles. The predicted molar refractivity (Wildman–Crippen MR) is 52.5 cm³/mol. The van der Waals surface area contributed by atoms with Gasteiger partial charge in [-0.15, -0.1) is 0 Å². The molecule has 0 aliphatic rings. The zero-order valence-electron chi connectivity index (χ0n) is 8.12. The van der Waals surface area contributed by atoms with Crippen LogP contribution in [0.15, 0.2) is 23.3 Å². The standard InChI is InChI=1S/C11H11N3/c1-2-3-4-5-6-10(7-12)11(8-13)9-14/h5-6H,2-4H2,1H3/b6-5+. The number of nitrogens with zero attached hydrogens (tertiary/aromatic N) is 3. The Morgan fingerprint density at radius 3 is 2.21 bits per heavy atom. The van der Waals surface area contributed by atoms with E-state index in [1.54, 1.807) is 12.1 Å². The van der Waals surface area contributed by atoms with Gasteiger partial charge >= 0.3 is 0 Å². The second kappa shape index (κ2) is 7.59. The summed E-state index contributed by atoms with van der Waals surface area (Å²) < 4.78 is 0. The van der Waals surface area contributed by atoms with Crippen LogP contribution in [0.25, 0.3) is 0 Å². The molecule has 0 atom stereocenters. The summed E-state index contributed by atoms with van der Waals surface area (Å²) in [4.78, 5) is 0. The first kappa shape index (κ1) is 11.9. The van der Waals surface area contributed by atoms with Crippen LogP contribution in [0, 0.1) is 34.0 Å². The molecule has 3 nitrogen and oxygen atoms in total. The third-order valence-electron chi connectivity index (χ3n) is 1.62. The van der Waals surface area contributed by atoms with Crippen molar-refractivity contribution in [3.63, 3.8) is 0 Å². The topological polar surface area (TPSA) is 71.4 Å². The molecule has 0 bridgehead atoms. The third-order valence-corrected chi connectivity index (χ3v) is 1.62. The number of rotatable bonds is 4. The molecule has 0 heterocycles. The minimum absolute atomic E-state index is 0.125. The van der Waals surface area contributed by atoms with Gasteiger partial charge in [-0.2, -0.15) is 15.8 Å². The molecule has 14 heavy (non-hydrogen) atoms. The molecular weight excluding hydrogens is 174 g/mol. The molecule has 0 radical (unpaired) electrons. The smallest absolute Gasteiger partial charge is 0.147 e. The van der Waals surface area contributed by atoms with Crippen LogP contribution in [-0.2, 0) is 0 Å². The van der Waals surface area contributed by atoms with Crippen LogP contribution in [0.2, 0.25) is 0 Å². The monoisotopic (exact) mass is 185 g/mol. The van der Waals surface area contributed by atoms with E-state index in [-0.39, 0.29) is 11.1 Å². The Morgan fingerprint density at radius 1 is 1.14 bits per heavy atom. The molecule has 0 N–H and O–H groups in total. The first-order valence-electron chi connectivity index (χ1n) is 4.41. The van der Waals surface area contributed by atoms with Crippen molar-refractivity contribution in [3.8, 4) is 18.2 Å². The molecule has 0 aromatic rings. The Labute approximate surface area is 84.2 Å². The summed E-state index contributed by atoms with van der Waals surface area (Å²) in [6.45, 7) is 2.07. The van der Waals surface area contributed by atoms with Crippen LogP contribution >= 0.6 is 0 Å². The first-order chi connectivity index (χ1) is 6.79. The van der Waals surface area contributed by atoms with Crippen LogP contribution in [-0.4, -0.2) is 0 Å². The quantitative estimate of drug-likeness (QED) is 0.384. The third kappa shape index (κ3) is 4.10. The van der Waals surface area contributed by atoms with Gasteiger partial charge in [0.15, 0.2) is 0 Å². The zero-order valence-corrected chi connectivity index (χ0v) is 8.12. The Balaban J connectivity index is 4.56. The second-order valence-corrected chi connectivity index (χ2v) is 2.67. The lowest BCUT2D eigenvalue weighted by Gasteiger charge is -1.89. The van der Waals surface area contributed by atoms with Gasteiger partial charge in [-0.05, 0) is 12.5 Å². The fourth-order valence-corrected chi connectivity index (χ4v) is 0.845. The lowest BCUT2D eigenvalue weighted by atomic mass is 10.1. The van der Waals surface area contributed by atoms with Crippen LogP contribution in [0.5, 0.6) is 0 Å². The van der Waals surface area contributed by atoms with E-state index < -0.39 is 0 Å². The highest BCUT2D eigenvalue weighted by molar-refractivity contribution is 5.51. The average Bonchev–Trinajstić information content (AvgIpc) is 2.23. The number of allylic oxidation sites excluding steroid dienone is 4. The van der Waals surface area contributed by atoms with E-state index in [0.29, 0.717) is 0 Å². The predicted octanol–water partition coefficient (Wildman–Crippen LogP) is 2.60. The highest BCUT2D eigenvalue weighted by Crippen LogP contribution is 2.05. The van der Waals surface area contributed by atoms with E-state index in [9.17, 15) is 0 Å². The average molecular weight is 185 g/mol. The fraction of sp³-hybridized carbons (Fsp3) is 0.364. The number of hydrogen-bond acceptors (Lipinski definition) is 3. The molecule has 0 saturated heterocycles. The van der Waals surface area contributed by atoms with E-state index in [1.165, 1.54) is 6.08 Å². The Kier molecular flexibility index (Phi) is 6.48. The molecule has 0 rings (SSSR count). The summed E-state index contributed by atoms with van der Waals surface area (Å²) in [5.74, 6) is 0. The molecule has 70 valence electrons. The van der Waals surface area contributed by atoms with Crippen LogP contribution in [0.4, 0.5) is 0 Å². The maximum absolute atomic E-state index is 8.65. The number of hydrogen-bond donors (Lipinski definition) is 0. The molecule has 3 heteroatoms. The Morgan fingerprint density at radius 2 is 1.79 bits per heavy atom. The van der Waals surface area contributed by atoms with Gasteiger partial charge in [0.2, 0.25) is 0 Å². The van der Waals surface area contributed by atoms with Gasteiger partial charge in [0, 0.05) is 0 Å². The molecule has 0 saturated carbocycles. The SMILES string of the molecule is CCCC/C=C/C(C#N)=C(C#N)C#N. The van der Waals surface area contributed by atoms with Crippen molar-refractivity contribution in [3.05, 3.63) is 23.3 Å². The number of nitriles is 3. The molecular formula is C11H11N3. The molecule has 0 aliphatic heterocycles. The molecule has 0 unspecified atom stereocenters. The van der Waals surface area contributed by atoms with Crippen molar-refractivity contribution in [2.24, 2.45) is 0 Å². The Hall–Kier alpha value is -2.05. The van der Waals surface area contributed by atoms with Crippen molar-refractivity contribution >= 4 is 0 Å². The highest BCUT2D eigenvalue weighted by atomic mass is 14.3. The zero-order chi connectivity index (χ0) is 10.8. The van der Waals surface area contributed by atoms with Crippen LogP contribution < -0.4 is 0 Å². The van der Waals surface area contributed by atoms with Gasteiger partial charge < -0.3 is 0 Å². The van der Waals surface area contributed by atoms with E-state index in [0.717, 1.165) is 19.3 Å². The maximum atomic E-state index is 8.65. The molecule has 0 amide bonds. The van der Waals surface area contributed by atoms with Gasteiger partial charge in [0.05, 0.1) is 5.57 Å². The summed E-state index contributed by atoms with van der Waals surface area (Å²) in [6, 6.07) is 5.21. The van der Waals surface area contributed by atoms with Gasteiger partial charge in [0.1, 0.15) is 23.8 Å². The summed E-state index contributed by atoms with van der Waals surface area (Å²) in [6.07, 6.45) is 6.35. The number of unbranched alkanes of at least 4 members (excludes halogenated alkanes) is 2. The summed E-state index contributed by atoms with van der Waals surface area (Å²) in [7, 11) is 0. The van der Waals surface area contributed by atoms with Crippen LogP contribution in [0.1, 0.15) is 26.2 Å². The van der Waals surface area contributed by atoms with Gasteiger partial charge in [0.25, 0.3) is 0 Å².